The molecule has 2 atom stereocenters. The average molecular weight is 253 g/mol. The molecule has 18 heavy (non-hydrogen) atoms. The van der Waals surface area contributed by atoms with Crippen LogP contribution in [0, 0.1) is 17.3 Å². The van der Waals surface area contributed by atoms with E-state index in [1.807, 2.05) is 6.92 Å². The van der Waals surface area contributed by atoms with Gasteiger partial charge < -0.3 is 4.74 Å². The van der Waals surface area contributed by atoms with Crippen molar-refractivity contribution in [2.24, 2.45) is 17.3 Å². The number of nitrogens with zero attached hydrogens (tertiary/aromatic N) is 1. The highest BCUT2D eigenvalue weighted by atomic mass is 16.6. The van der Waals surface area contributed by atoms with Crippen LogP contribution >= 0.6 is 0 Å². The van der Waals surface area contributed by atoms with Crippen LogP contribution in [0.2, 0.25) is 0 Å². The van der Waals surface area contributed by atoms with E-state index in [2.05, 4.69) is 27.4 Å². The lowest BCUT2D eigenvalue weighted by atomic mass is 9.78. The van der Waals surface area contributed by atoms with Crippen molar-refractivity contribution in [2.75, 3.05) is 13.2 Å². The lowest BCUT2D eigenvalue weighted by Crippen LogP contribution is -2.40. The summed E-state index contributed by atoms with van der Waals surface area (Å²) in [5.74, 6) is -0.307. The molecule has 0 bridgehead atoms. The maximum Gasteiger partial charge on any atom is 0.416 e. The Hall–Kier alpha value is -1.32. The Labute approximate surface area is 109 Å². The Morgan fingerprint density at radius 2 is 2.17 bits per heavy atom. The van der Waals surface area contributed by atoms with Crippen LogP contribution in [0.3, 0.4) is 0 Å². The number of hydrogen-bond acceptors (Lipinski definition) is 3. The van der Waals surface area contributed by atoms with Gasteiger partial charge in [-0.1, -0.05) is 33.8 Å². The number of imide groups is 1. The smallest absolute Gasteiger partial charge is 0.416 e. The zero-order valence-corrected chi connectivity index (χ0v) is 11.7. The SMILES string of the molecule is C=CC(C)C(CC(C)(C)C)C(=O)N1CCOC1=O. The van der Waals surface area contributed by atoms with E-state index in [1.54, 1.807) is 6.08 Å². The fraction of sp³-hybridized carbons (Fsp3) is 0.714. The minimum absolute atomic E-state index is 0.0290. The average Bonchev–Trinajstić information content (AvgIpc) is 2.69. The van der Waals surface area contributed by atoms with Crippen LogP contribution in [0.1, 0.15) is 34.1 Å². The summed E-state index contributed by atoms with van der Waals surface area (Å²) in [5.41, 5.74) is 0.0290. The first-order valence-corrected chi connectivity index (χ1v) is 6.37. The maximum atomic E-state index is 12.4. The third kappa shape index (κ3) is 3.59. The van der Waals surface area contributed by atoms with Gasteiger partial charge in [-0.2, -0.15) is 0 Å². The third-order valence-corrected chi connectivity index (χ3v) is 3.18. The van der Waals surface area contributed by atoms with E-state index >= 15 is 0 Å². The number of rotatable bonds is 4. The van der Waals surface area contributed by atoms with Gasteiger partial charge in [-0.3, -0.25) is 4.79 Å². The second-order valence-electron chi connectivity index (χ2n) is 6.07. The van der Waals surface area contributed by atoms with Gasteiger partial charge >= 0.3 is 6.09 Å². The molecule has 0 saturated carbocycles. The molecule has 0 aromatic carbocycles. The molecule has 0 N–H and O–H groups in total. The second-order valence-corrected chi connectivity index (χ2v) is 6.07. The quantitative estimate of drug-likeness (QED) is 0.724. The van der Waals surface area contributed by atoms with Crippen molar-refractivity contribution in [1.29, 1.82) is 0 Å². The molecule has 1 rings (SSSR count). The first kappa shape index (κ1) is 14.7. The highest BCUT2D eigenvalue weighted by molar-refractivity contribution is 5.94. The Bertz CT molecular complexity index is 343. The topological polar surface area (TPSA) is 46.6 Å². The molecule has 0 aromatic rings. The van der Waals surface area contributed by atoms with E-state index in [-0.39, 0.29) is 23.2 Å². The molecule has 2 amide bonds. The molecule has 2 unspecified atom stereocenters. The van der Waals surface area contributed by atoms with Crippen molar-refractivity contribution in [3.8, 4) is 0 Å². The van der Waals surface area contributed by atoms with Crippen molar-refractivity contribution < 1.29 is 14.3 Å². The molecule has 4 nitrogen and oxygen atoms in total. The van der Waals surface area contributed by atoms with Gasteiger partial charge in [0.1, 0.15) is 6.61 Å². The van der Waals surface area contributed by atoms with Gasteiger partial charge in [0, 0.05) is 5.92 Å². The summed E-state index contributed by atoms with van der Waals surface area (Å²) in [5, 5.41) is 0. The predicted octanol–water partition coefficient (Wildman–Crippen LogP) is 2.84. The predicted molar refractivity (Wildman–Crippen MR) is 70.0 cm³/mol. The molecule has 0 aromatic heterocycles. The van der Waals surface area contributed by atoms with Crippen LogP contribution in [0.4, 0.5) is 4.79 Å². The Morgan fingerprint density at radius 1 is 1.56 bits per heavy atom. The first-order valence-electron chi connectivity index (χ1n) is 6.37. The Morgan fingerprint density at radius 3 is 2.56 bits per heavy atom. The maximum absolute atomic E-state index is 12.4. The summed E-state index contributed by atoms with van der Waals surface area (Å²) in [7, 11) is 0. The van der Waals surface area contributed by atoms with E-state index in [0.29, 0.717) is 13.2 Å². The summed E-state index contributed by atoms with van der Waals surface area (Å²) >= 11 is 0. The van der Waals surface area contributed by atoms with Gasteiger partial charge in [-0.05, 0) is 17.8 Å². The van der Waals surface area contributed by atoms with Crippen LogP contribution in [-0.4, -0.2) is 30.1 Å². The molecule has 1 saturated heterocycles. The number of carbonyl (C=O) groups is 2. The summed E-state index contributed by atoms with van der Waals surface area (Å²) in [4.78, 5) is 25.1. The summed E-state index contributed by atoms with van der Waals surface area (Å²) in [6.07, 6.45) is 1.98. The molecule has 0 spiro atoms. The van der Waals surface area contributed by atoms with E-state index < -0.39 is 6.09 Å². The van der Waals surface area contributed by atoms with Gasteiger partial charge in [0.25, 0.3) is 0 Å². The fourth-order valence-corrected chi connectivity index (χ4v) is 2.12. The number of amides is 2. The molecule has 1 fully saturated rings. The van der Waals surface area contributed by atoms with Crippen molar-refractivity contribution in [3.63, 3.8) is 0 Å². The minimum atomic E-state index is -0.518. The summed E-state index contributed by atoms with van der Waals surface area (Å²) in [6.45, 7) is 12.6. The van der Waals surface area contributed by atoms with Gasteiger partial charge in [0.2, 0.25) is 5.91 Å². The first-order chi connectivity index (χ1) is 8.26. The van der Waals surface area contributed by atoms with E-state index in [4.69, 9.17) is 4.74 Å². The van der Waals surface area contributed by atoms with Crippen molar-refractivity contribution >= 4 is 12.0 Å². The lowest BCUT2D eigenvalue weighted by molar-refractivity contribution is -0.134. The molecule has 102 valence electrons. The van der Waals surface area contributed by atoms with Gasteiger partial charge in [0.15, 0.2) is 0 Å². The normalized spacial score (nSPS) is 19.3. The monoisotopic (exact) mass is 253 g/mol. The zero-order valence-electron chi connectivity index (χ0n) is 11.7. The van der Waals surface area contributed by atoms with Gasteiger partial charge in [0.05, 0.1) is 6.54 Å². The second kappa shape index (κ2) is 5.55. The van der Waals surface area contributed by atoms with Gasteiger partial charge in [-0.15, -0.1) is 6.58 Å². The van der Waals surface area contributed by atoms with Gasteiger partial charge in [-0.25, -0.2) is 9.69 Å². The van der Waals surface area contributed by atoms with Crippen molar-refractivity contribution in [2.45, 2.75) is 34.1 Å². The molecule has 0 radical (unpaired) electrons. The molecular formula is C14H23NO3. The molecule has 1 aliphatic rings. The van der Waals surface area contributed by atoms with Crippen LogP contribution in [0.5, 0.6) is 0 Å². The number of cyclic esters (lactones) is 1. The van der Waals surface area contributed by atoms with Crippen molar-refractivity contribution in [3.05, 3.63) is 12.7 Å². The number of allylic oxidation sites excluding steroid dienone is 1. The third-order valence-electron chi connectivity index (χ3n) is 3.18. The molecule has 1 aliphatic heterocycles. The largest absolute Gasteiger partial charge is 0.447 e. The van der Waals surface area contributed by atoms with Crippen LogP contribution in [0.25, 0.3) is 0 Å². The zero-order chi connectivity index (χ0) is 13.9. The minimum Gasteiger partial charge on any atom is -0.447 e. The number of hydrogen-bond donors (Lipinski definition) is 0. The molecular weight excluding hydrogens is 230 g/mol. The van der Waals surface area contributed by atoms with Crippen LogP contribution in [0.15, 0.2) is 12.7 Å². The summed E-state index contributed by atoms with van der Waals surface area (Å²) in [6, 6.07) is 0. The van der Waals surface area contributed by atoms with Crippen LogP contribution in [-0.2, 0) is 9.53 Å². The molecule has 0 aliphatic carbocycles. The van der Waals surface area contributed by atoms with E-state index in [1.165, 1.54) is 4.90 Å². The van der Waals surface area contributed by atoms with E-state index in [0.717, 1.165) is 6.42 Å². The van der Waals surface area contributed by atoms with Crippen LogP contribution < -0.4 is 0 Å². The Balaban J connectivity index is 2.85. The lowest BCUT2D eigenvalue weighted by Gasteiger charge is -2.29. The van der Waals surface area contributed by atoms with E-state index in [9.17, 15) is 9.59 Å². The highest BCUT2D eigenvalue weighted by Gasteiger charge is 2.37. The number of ether oxygens (including phenoxy) is 1. The van der Waals surface area contributed by atoms with Crippen molar-refractivity contribution in [1.82, 2.24) is 4.90 Å². The Kier molecular flexibility index (Phi) is 4.54. The summed E-state index contributed by atoms with van der Waals surface area (Å²) < 4.78 is 4.82. The molecule has 4 heteroatoms. The highest BCUT2D eigenvalue weighted by Crippen LogP contribution is 2.31. The fourth-order valence-electron chi connectivity index (χ4n) is 2.12. The standard InChI is InChI=1S/C14H23NO3/c1-6-10(2)11(9-14(3,4)5)12(16)15-7-8-18-13(15)17/h6,10-11H,1,7-9H2,2-5H3. The number of carbonyl (C=O) groups excluding carboxylic acids is 2. The molecule has 1 heterocycles.